The van der Waals surface area contributed by atoms with Gasteiger partial charge in [-0.25, -0.2) is 14.8 Å². The summed E-state index contributed by atoms with van der Waals surface area (Å²) in [6, 6.07) is 10.6. The van der Waals surface area contributed by atoms with E-state index in [2.05, 4.69) is 9.97 Å². The van der Waals surface area contributed by atoms with Gasteiger partial charge in [0.05, 0.1) is 14.9 Å². The quantitative estimate of drug-likeness (QED) is 0.256. The first kappa shape index (κ1) is 24.7. The monoisotopic (exact) mass is 545 g/mol. The normalized spacial score (nSPS) is 18.5. The van der Waals surface area contributed by atoms with Crippen molar-refractivity contribution in [2.24, 2.45) is 0 Å². The van der Waals surface area contributed by atoms with Crippen LogP contribution in [0.4, 0.5) is 11.4 Å². The van der Waals surface area contributed by atoms with Crippen LogP contribution < -0.4 is 5.56 Å². The molecule has 1 aliphatic carbocycles. The zero-order chi connectivity index (χ0) is 27.4. The molecule has 1 aliphatic heterocycles. The van der Waals surface area contributed by atoms with Gasteiger partial charge in [-0.05, 0) is 42.9 Å². The van der Waals surface area contributed by atoms with Crippen LogP contribution >= 0.6 is 11.8 Å². The van der Waals surface area contributed by atoms with Gasteiger partial charge in [0.1, 0.15) is 11.6 Å². The number of thioether (sulfide) groups is 1. The number of rotatable bonds is 6. The topological polar surface area (TPSA) is 171 Å². The molecule has 0 amide bonds. The van der Waals surface area contributed by atoms with Gasteiger partial charge in [0.15, 0.2) is 5.82 Å². The van der Waals surface area contributed by atoms with Gasteiger partial charge < -0.3 is 5.11 Å². The van der Waals surface area contributed by atoms with E-state index < -0.39 is 32.7 Å². The number of hydrogen-bond donors (Lipinski definition) is 1. The third-order valence-electron chi connectivity index (χ3n) is 7.04. The van der Waals surface area contributed by atoms with E-state index in [1.165, 1.54) is 46.7 Å². The fraction of sp³-hybridized carbons (Fsp3) is 0.231. The molecule has 39 heavy (non-hydrogen) atoms. The maximum Gasteiger partial charge on any atom is 0.326 e. The molecule has 0 radical (unpaired) electrons. The average Bonchev–Trinajstić information content (AvgIpc) is 3.77. The van der Waals surface area contributed by atoms with Gasteiger partial charge in [-0.1, -0.05) is 30.0 Å². The van der Waals surface area contributed by atoms with Crippen LogP contribution in [0.5, 0.6) is 0 Å². The summed E-state index contributed by atoms with van der Waals surface area (Å²) in [6.07, 6.45) is 3.21. The number of aromatic nitrogens is 3. The molecule has 12 nitrogen and oxygen atoms in total. The van der Waals surface area contributed by atoms with Crippen molar-refractivity contribution in [1.82, 2.24) is 14.5 Å². The predicted octanol–water partition coefficient (Wildman–Crippen LogP) is 5.02. The maximum absolute atomic E-state index is 13.8. The predicted molar refractivity (Wildman–Crippen MR) is 141 cm³/mol. The van der Waals surface area contributed by atoms with E-state index in [1.54, 1.807) is 24.4 Å². The van der Waals surface area contributed by atoms with E-state index in [1.807, 2.05) is 0 Å². The standard InChI is InChI=1S/C26H19N5O7S/c32-24-22-17(12-27-23(28-22)14-7-9-15(10-8-14)30(35)36)21(13-5-6-13)25-29(24)19(26(33)34)11-20(39-25)16-3-1-2-4-18(16)31(37)38/h1-4,7-10,12-13,19-20H,5-6,11H2,(H,33,34). The van der Waals surface area contributed by atoms with Crippen molar-refractivity contribution < 1.29 is 19.7 Å². The molecule has 3 heterocycles. The van der Waals surface area contributed by atoms with Gasteiger partial charge >= 0.3 is 5.97 Å². The number of carboxylic acids is 1. The number of pyridine rings is 1. The summed E-state index contributed by atoms with van der Waals surface area (Å²) in [5.41, 5.74) is 0.941. The van der Waals surface area contributed by atoms with E-state index in [-0.39, 0.29) is 35.1 Å². The smallest absolute Gasteiger partial charge is 0.326 e. The number of carboxylic acid groups (broad SMARTS) is 1. The number of carbonyl (C=O) groups is 1. The summed E-state index contributed by atoms with van der Waals surface area (Å²) in [7, 11) is 0. The van der Waals surface area contributed by atoms with Crippen LogP contribution in [0.3, 0.4) is 0 Å². The minimum Gasteiger partial charge on any atom is -0.480 e. The minimum absolute atomic E-state index is 0.0202. The Bertz CT molecular complexity index is 1750. The summed E-state index contributed by atoms with van der Waals surface area (Å²) >= 11 is 1.27. The van der Waals surface area contributed by atoms with E-state index in [4.69, 9.17) is 0 Å². The van der Waals surface area contributed by atoms with Crippen LogP contribution in [-0.2, 0) is 4.79 Å². The summed E-state index contributed by atoms with van der Waals surface area (Å²) < 4.78 is 1.26. The molecule has 2 aromatic carbocycles. The van der Waals surface area contributed by atoms with Crippen molar-refractivity contribution in [3.05, 3.63) is 96.4 Å². The second-order valence-electron chi connectivity index (χ2n) is 9.44. The number of fused-ring (bicyclic) bond motifs is 2. The Morgan fingerprint density at radius 3 is 2.41 bits per heavy atom. The Balaban J connectivity index is 1.55. The largest absolute Gasteiger partial charge is 0.480 e. The van der Waals surface area contributed by atoms with Crippen LogP contribution in [0.2, 0.25) is 0 Å². The molecular weight excluding hydrogens is 526 g/mol. The number of hydrogen-bond acceptors (Lipinski definition) is 9. The van der Waals surface area contributed by atoms with Gasteiger partial charge in [0.25, 0.3) is 16.9 Å². The molecule has 2 aliphatic rings. The molecular formula is C26H19N5O7S. The highest BCUT2D eigenvalue weighted by Gasteiger charge is 2.41. The van der Waals surface area contributed by atoms with E-state index in [0.717, 1.165) is 18.4 Å². The van der Waals surface area contributed by atoms with Gasteiger partial charge in [-0.2, -0.15) is 0 Å². The molecule has 1 fully saturated rings. The first-order valence-corrected chi connectivity index (χ1v) is 12.9. The van der Waals surface area contributed by atoms with Crippen LogP contribution in [0.1, 0.15) is 47.6 Å². The highest BCUT2D eigenvalue weighted by Crippen LogP contribution is 2.54. The van der Waals surface area contributed by atoms with Crippen molar-refractivity contribution in [1.29, 1.82) is 0 Å². The number of nitro benzene ring substituents is 2. The highest BCUT2D eigenvalue weighted by atomic mass is 32.2. The molecule has 0 bridgehead atoms. The zero-order valence-corrected chi connectivity index (χ0v) is 20.9. The summed E-state index contributed by atoms with van der Waals surface area (Å²) in [5.74, 6) is -0.951. The molecule has 13 heteroatoms. The summed E-state index contributed by atoms with van der Waals surface area (Å²) in [6.45, 7) is 0. The lowest BCUT2D eigenvalue weighted by atomic mass is 10.0. The first-order chi connectivity index (χ1) is 18.7. The number of non-ortho nitro benzene ring substituents is 1. The van der Waals surface area contributed by atoms with Crippen molar-refractivity contribution in [3.63, 3.8) is 0 Å². The van der Waals surface area contributed by atoms with Crippen LogP contribution in [0.25, 0.3) is 22.3 Å². The summed E-state index contributed by atoms with van der Waals surface area (Å²) in [5, 5.41) is 33.3. The van der Waals surface area contributed by atoms with Crippen molar-refractivity contribution >= 4 is 40.0 Å². The zero-order valence-electron chi connectivity index (χ0n) is 20.1. The number of nitrogens with zero attached hydrogens (tertiary/aromatic N) is 5. The van der Waals surface area contributed by atoms with Crippen LogP contribution in [0.15, 0.2) is 64.5 Å². The van der Waals surface area contributed by atoms with Crippen LogP contribution in [0, 0.1) is 20.2 Å². The second kappa shape index (κ2) is 9.27. The SMILES string of the molecule is O=C(O)C1CC(c2ccccc2[N+](=O)[O-])Sc2c(C3CC3)c3cnc(-c4ccc([N+](=O)[O-])cc4)nc3c(=O)n21. The lowest BCUT2D eigenvalue weighted by Crippen LogP contribution is -2.36. The Kier molecular flexibility index (Phi) is 5.87. The lowest BCUT2D eigenvalue weighted by molar-refractivity contribution is -0.385. The Morgan fingerprint density at radius 1 is 1.05 bits per heavy atom. The van der Waals surface area contributed by atoms with Crippen LogP contribution in [-0.4, -0.2) is 35.5 Å². The van der Waals surface area contributed by atoms with Crippen molar-refractivity contribution in [3.8, 4) is 11.4 Å². The molecule has 0 spiro atoms. The number of para-hydroxylation sites is 1. The third kappa shape index (κ3) is 4.20. The molecule has 2 aromatic heterocycles. The lowest BCUT2D eigenvalue weighted by Gasteiger charge is -2.32. The van der Waals surface area contributed by atoms with Crippen molar-refractivity contribution in [2.45, 2.75) is 41.5 Å². The molecule has 2 unspecified atom stereocenters. The fourth-order valence-corrected chi connectivity index (χ4v) is 6.65. The Hall–Kier alpha value is -4.65. The van der Waals surface area contributed by atoms with Crippen molar-refractivity contribution in [2.75, 3.05) is 0 Å². The third-order valence-corrected chi connectivity index (χ3v) is 8.41. The maximum atomic E-state index is 13.8. The number of nitro groups is 2. The number of benzene rings is 2. The molecule has 6 rings (SSSR count). The highest BCUT2D eigenvalue weighted by molar-refractivity contribution is 7.99. The summed E-state index contributed by atoms with van der Waals surface area (Å²) in [4.78, 5) is 57.0. The van der Waals surface area contributed by atoms with Gasteiger partial charge in [0.2, 0.25) is 0 Å². The van der Waals surface area contributed by atoms with Gasteiger partial charge in [0, 0.05) is 46.2 Å². The molecule has 1 saturated carbocycles. The van der Waals surface area contributed by atoms with Gasteiger partial charge in [-0.15, -0.1) is 0 Å². The van der Waals surface area contributed by atoms with E-state index in [9.17, 15) is 34.9 Å². The first-order valence-electron chi connectivity index (χ1n) is 12.1. The molecule has 2 atom stereocenters. The van der Waals surface area contributed by atoms with Gasteiger partial charge in [-0.3, -0.25) is 29.6 Å². The molecule has 0 saturated heterocycles. The van der Waals surface area contributed by atoms with E-state index in [0.29, 0.717) is 21.5 Å². The Labute approximate surface area is 223 Å². The molecule has 4 aromatic rings. The van der Waals surface area contributed by atoms with E-state index >= 15 is 0 Å². The minimum atomic E-state index is -1.25. The molecule has 196 valence electrons. The Morgan fingerprint density at radius 2 is 1.77 bits per heavy atom. The fourth-order valence-electron chi connectivity index (χ4n) is 5.05. The second-order valence-corrected chi connectivity index (χ2v) is 10.6. The number of aliphatic carboxylic acids is 1. The average molecular weight is 546 g/mol. The molecule has 1 N–H and O–H groups in total.